The number of hydrogen-bond acceptors (Lipinski definition) is 5. The summed E-state index contributed by atoms with van der Waals surface area (Å²) in [4.78, 5) is 44.4. The number of aromatic nitrogens is 4. The Kier molecular flexibility index (Phi) is 4.96. The van der Waals surface area contributed by atoms with E-state index in [4.69, 9.17) is 0 Å². The molecule has 1 aromatic carbocycles. The molecular formula is C20H23N5O4. The number of rotatable bonds is 5. The molecule has 0 amide bonds. The molecule has 0 aliphatic carbocycles. The molecule has 1 aliphatic heterocycles. The van der Waals surface area contributed by atoms with Gasteiger partial charge in [0.05, 0.1) is 0 Å². The summed E-state index contributed by atoms with van der Waals surface area (Å²) in [5, 5.41) is 9.34. The van der Waals surface area contributed by atoms with Gasteiger partial charge in [-0.1, -0.05) is 30.3 Å². The lowest BCUT2D eigenvalue weighted by molar-refractivity contribution is -0.137. The van der Waals surface area contributed by atoms with Crippen molar-refractivity contribution in [1.29, 1.82) is 0 Å². The Balaban J connectivity index is 1.63. The first-order valence-corrected chi connectivity index (χ1v) is 9.64. The van der Waals surface area contributed by atoms with E-state index in [1.807, 2.05) is 23.1 Å². The van der Waals surface area contributed by atoms with Crippen molar-refractivity contribution in [2.45, 2.75) is 25.8 Å². The molecule has 2 aromatic heterocycles. The Morgan fingerprint density at radius 1 is 1.21 bits per heavy atom. The van der Waals surface area contributed by atoms with Crippen LogP contribution in [0.5, 0.6) is 0 Å². The lowest BCUT2D eigenvalue weighted by Gasteiger charge is -2.33. The molecule has 2 N–H and O–H groups in total. The highest BCUT2D eigenvalue weighted by molar-refractivity contribution is 5.78. The number of carbonyl (C=O) groups is 1. The van der Waals surface area contributed by atoms with E-state index in [9.17, 15) is 19.5 Å². The molecule has 0 saturated carbocycles. The summed E-state index contributed by atoms with van der Waals surface area (Å²) < 4.78 is 2.63. The molecule has 3 heterocycles. The van der Waals surface area contributed by atoms with Crippen LogP contribution in [0.25, 0.3) is 11.2 Å². The van der Waals surface area contributed by atoms with E-state index in [1.165, 1.54) is 21.7 Å². The van der Waals surface area contributed by atoms with Gasteiger partial charge in [-0.05, 0) is 30.7 Å². The van der Waals surface area contributed by atoms with E-state index in [-0.39, 0.29) is 11.2 Å². The van der Waals surface area contributed by atoms with Crippen LogP contribution < -0.4 is 16.1 Å². The molecule has 0 radical (unpaired) electrons. The van der Waals surface area contributed by atoms with Crippen LogP contribution in [0.4, 0.5) is 5.95 Å². The number of benzene rings is 1. The molecule has 3 aromatic rings. The number of piperidine rings is 1. The summed E-state index contributed by atoms with van der Waals surface area (Å²) >= 11 is 0. The second-order valence-corrected chi connectivity index (χ2v) is 7.50. The number of nitrogens with zero attached hydrogens (tertiary/aromatic N) is 4. The smallest absolute Gasteiger partial charge is 0.329 e. The van der Waals surface area contributed by atoms with Gasteiger partial charge in [0.25, 0.3) is 5.56 Å². The second-order valence-electron chi connectivity index (χ2n) is 7.50. The number of carboxylic acids is 1. The standard InChI is InChI=1S/C20H23N5O4/c1-23-17-16(18(28)22-20(23)29)25(12-15(26)27)19(21-17)24-9-7-14(8-10-24)11-13-5-3-2-4-6-13/h2-6,14H,7-12H2,1H3,(H,26,27)(H,22,28,29). The van der Waals surface area contributed by atoms with Crippen molar-refractivity contribution >= 4 is 23.1 Å². The number of fused-ring (bicyclic) bond motifs is 1. The van der Waals surface area contributed by atoms with Crippen molar-refractivity contribution < 1.29 is 9.90 Å². The molecule has 9 nitrogen and oxygen atoms in total. The Morgan fingerprint density at radius 3 is 2.55 bits per heavy atom. The maximum atomic E-state index is 12.4. The quantitative estimate of drug-likeness (QED) is 0.663. The van der Waals surface area contributed by atoms with Crippen molar-refractivity contribution in [2.75, 3.05) is 18.0 Å². The maximum absolute atomic E-state index is 12.4. The van der Waals surface area contributed by atoms with Crippen LogP contribution in [-0.4, -0.2) is 43.3 Å². The Hall–Kier alpha value is -3.36. The fourth-order valence-electron chi connectivity index (χ4n) is 4.03. The number of hydrogen-bond donors (Lipinski definition) is 2. The number of H-pyrrole nitrogens is 1. The van der Waals surface area contributed by atoms with Gasteiger partial charge in [0, 0.05) is 20.1 Å². The zero-order valence-corrected chi connectivity index (χ0v) is 16.2. The highest BCUT2D eigenvalue weighted by atomic mass is 16.4. The number of aliphatic carboxylic acids is 1. The van der Waals surface area contributed by atoms with Crippen LogP contribution in [0.1, 0.15) is 18.4 Å². The normalized spacial score (nSPS) is 15.1. The predicted molar refractivity (Wildman–Crippen MR) is 108 cm³/mol. The third kappa shape index (κ3) is 3.67. The third-order valence-corrected chi connectivity index (χ3v) is 5.54. The Labute approximate surface area is 166 Å². The predicted octanol–water partition coefficient (Wildman–Crippen LogP) is 0.967. The van der Waals surface area contributed by atoms with Gasteiger partial charge in [-0.3, -0.25) is 23.7 Å². The zero-order valence-electron chi connectivity index (χ0n) is 16.2. The lowest BCUT2D eigenvalue weighted by Crippen LogP contribution is -2.36. The molecule has 0 unspecified atom stereocenters. The van der Waals surface area contributed by atoms with E-state index < -0.39 is 23.8 Å². The lowest BCUT2D eigenvalue weighted by atomic mass is 9.90. The largest absolute Gasteiger partial charge is 0.480 e. The first kappa shape index (κ1) is 19.0. The first-order chi connectivity index (χ1) is 13.9. The Bertz CT molecular complexity index is 1150. The van der Waals surface area contributed by atoms with Crippen LogP contribution in [-0.2, 0) is 24.8 Å². The van der Waals surface area contributed by atoms with Crippen LogP contribution in [0, 0.1) is 5.92 Å². The maximum Gasteiger partial charge on any atom is 0.329 e. The number of aromatic amines is 1. The molecule has 9 heteroatoms. The van der Waals surface area contributed by atoms with Gasteiger partial charge in [-0.15, -0.1) is 0 Å². The molecule has 29 heavy (non-hydrogen) atoms. The van der Waals surface area contributed by atoms with E-state index in [0.717, 1.165) is 19.3 Å². The minimum Gasteiger partial charge on any atom is -0.480 e. The summed E-state index contributed by atoms with van der Waals surface area (Å²) in [6, 6.07) is 10.4. The van der Waals surface area contributed by atoms with Crippen LogP contribution in [0.2, 0.25) is 0 Å². The monoisotopic (exact) mass is 397 g/mol. The fraction of sp³-hybridized carbons (Fsp3) is 0.400. The molecule has 1 fully saturated rings. The van der Waals surface area contributed by atoms with Gasteiger partial charge in [-0.2, -0.15) is 4.98 Å². The number of carboxylic acid groups (broad SMARTS) is 1. The van der Waals surface area contributed by atoms with E-state index in [1.54, 1.807) is 0 Å². The Morgan fingerprint density at radius 2 is 1.90 bits per heavy atom. The minimum absolute atomic E-state index is 0.107. The van der Waals surface area contributed by atoms with E-state index in [2.05, 4.69) is 22.1 Å². The first-order valence-electron chi connectivity index (χ1n) is 9.64. The number of imidazole rings is 1. The third-order valence-electron chi connectivity index (χ3n) is 5.54. The van der Waals surface area contributed by atoms with Crippen LogP contribution >= 0.6 is 0 Å². The highest BCUT2D eigenvalue weighted by Crippen LogP contribution is 2.27. The highest BCUT2D eigenvalue weighted by Gasteiger charge is 2.26. The molecule has 0 bridgehead atoms. The van der Waals surface area contributed by atoms with Gasteiger partial charge in [0.1, 0.15) is 6.54 Å². The summed E-state index contributed by atoms with van der Waals surface area (Å²) in [5.74, 6) is -0.108. The SMILES string of the molecule is Cn1c(=O)[nH]c(=O)c2c1nc(N1CCC(Cc3ccccc3)CC1)n2CC(=O)O. The molecule has 0 atom stereocenters. The van der Waals surface area contributed by atoms with Gasteiger partial charge >= 0.3 is 11.7 Å². The fourth-order valence-corrected chi connectivity index (χ4v) is 4.03. The van der Waals surface area contributed by atoms with Gasteiger partial charge in [0.15, 0.2) is 11.2 Å². The van der Waals surface area contributed by atoms with Crippen LogP contribution in [0.15, 0.2) is 39.9 Å². The molecular weight excluding hydrogens is 374 g/mol. The van der Waals surface area contributed by atoms with Crippen molar-refractivity contribution in [3.63, 3.8) is 0 Å². The van der Waals surface area contributed by atoms with Gasteiger partial charge < -0.3 is 10.0 Å². The second kappa shape index (κ2) is 7.57. The van der Waals surface area contributed by atoms with Crippen LogP contribution in [0.3, 0.4) is 0 Å². The topological polar surface area (TPSA) is 113 Å². The number of nitrogens with one attached hydrogen (secondary N) is 1. The minimum atomic E-state index is -1.07. The van der Waals surface area contributed by atoms with Gasteiger partial charge in [0.2, 0.25) is 5.95 Å². The van der Waals surface area contributed by atoms with Crippen molar-refractivity contribution in [3.8, 4) is 0 Å². The zero-order chi connectivity index (χ0) is 20.5. The summed E-state index contributed by atoms with van der Waals surface area (Å²) in [5.41, 5.74) is 0.417. The average molecular weight is 397 g/mol. The van der Waals surface area contributed by atoms with E-state index >= 15 is 0 Å². The molecule has 152 valence electrons. The molecule has 4 rings (SSSR count). The van der Waals surface area contributed by atoms with Crippen molar-refractivity contribution in [1.82, 2.24) is 19.1 Å². The number of aryl methyl sites for hydroxylation is 1. The summed E-state index contributed by atoms with van der Waals surface area (Å²) in [6.45, 7) is 1.04. The average Bonchev–Trinajstić information content (AvgIpc) is 3.07. The molecule has 1 aliphatic rings. The van der Waals surface area contributed by atoms with Crippen molar-refractivity contribution in [3.05, 3.63) is 56.7 Å². The van der Waals surface area contributed by atoms with Gasteiger partial charge in [-0.25, -0.2) is 4.79 Å². The molecule has 1 saturated heterocycles. The van der Waals surface area contributed by atoms with Crippen molar-refractivity contribution in [2.24, 2.45) is 13.0 Å². The number of anilines is 1. The van der Waals surface area contributed by atoms with E-state index in [0.29, 0.717) is 25.0 Å². The molecule has 0 spiro atoms. The summed E-state index contributed by atoms with van der Waals surface area (Å²) in [7, 11) is 1.51. The summed E-state index contributed by atoms with van der Waals surface area (Å²) in [6.07, 6.45) is 2.90.